The fourth-order valence-electron chi connectivity index (χ4n) is 3.71. The van der Waals surface area contributed by atoms with E-state index >= 15 is 0 Å². The molecule has 0 spiro atoms. The van der Waals surface area contributed by atoms with Crippen molar-refractivity contribution in [2.45, 2.75) is 45.1 Å². The lowest BCUT2D eigenvalue weighted by Crippen LogP contribution is -3.16. The van der Waals surface area contributed by atoms with Crippen LogP contribution in [0.5, 0.6) is 0 Å². The Morgan fingerprint density at radius 3 is 2.36 bits per heavy atom. The average molecular weight is 345 g/mol. The summed E-state index contributed by atoms with van der Waals surface area (Å²) in [6.07, 6.45) is 4.91. The van der Waals surface area contributed by atoms with Crippen molar-refractivity contribution < 1.29 is 24.0 Å². The standard InChI is InChI=1S/C19H24N2O4/c1-2-25-19(24)14-7-9-15(10-8-14)21-17(22)13-16(18(21)23)20-11-5-3-4-6-12-20/h7-10,16H,2-6,11-13H2,1H3/p+1/t16-/m1/s1. The highest BCUT2D eigenvalue weighted by Crippen LogP contribution is 2.23. The molecule has 0 saturated carbocycles. The predicted octanol–water partition coefficient (Wildman–Crippen LogP) is 0.954. The number of amides is 2. The predicted molar refractivity (Wildman–Crippen MR) is 92.5 cm³/mol. The number of rotatable bonds is 4. The number of carbonyl (C=O) groups excluding carboxylic acids is 3. The molecule has 1 aromatic rings. The van der Waals surface area contributed by atoms with Crippen LogP contribution in [0.3, 0.4) is 0 Å². The monoisotopic (exact) mass is 345 g/mol. The third-order valence-electron chi connectivity index (χ3n) is 5.02. The van der Waals surface area contributed by atoms with Gasteiger partial charge in [-0.3, -0.25) is 9.59 Å². The van der Waals surface area contributed by atoms with E-state index in [4.69, 9.17) is 4.74 Å². The van der Waals surface area contributed by atoms with Crippen molar-refractivity contribution in [2.75, 3.05) is 24.6 Å². The number of benzene rings is 1. The molecule has 2 fully saturated rings. The van der Waals surface area contributed by atoms with Gasteiger partial charge in [-0.05, 0) is 56.9 Å². The summed E-state index contributed by atoms with van der Waals surface area (Å²) >= 11 is 0. The molecule has 1 atom stereocenters. The van der Waals surface area contributed by atoms with E-state index in [0.29, 0.717) is 17.9 Å². The number of likely N-dealkylation sites (tertiary alicyclic amines) is 1. The molecule has 0 aromatic heterocycles. The topological polar surface area (TPSA) is 68.1 Å². The van der Waals surface area contributed by atoms with Gasteiger partial charge in [0.15, 0.2) is 6.04 Å². The summed E-state index contributed by atoms with van der Waals surface area (Å²) in [5.41, 5.74) is 0.944. The summed E-state index contributed by atoms with van der Waals surface area (Å²) in [5.74, 6) is -0.679. The number of esters is 1. The number of carbonyl (C=O) groups is 3. The van der Waals surface area contributed by atoms with Gasteiger partial charge in [0.1, 0.15) is 0 Å². The van der Waals surface area contributed by atoms with Gasteiger partial charge in [-0.25, -0.2) is 9.69 Å². The minimum absolute atomic E-state index is 0.120. The number of hydrogen-bond acceptors (Lipinski definition) is 4. The maximum atomic E-state index is 12.8. The molecule has 6 heteroatoms. The number of nitrogens with zero attached hydrogens (tertiary/aromatic N) is 1. The Labute approximate surface area is 147 Å². The van der Waals surface area contributed by atoms with Crippen molar-refractivity contribution in [3.05, 3.63) is 29.8 Å². The van der Waals surface area contributed by atoms with Crippen LogP contribution in [0.15, 0.2) is 24.3 Å². The van der Waals surface area contributed by atoms with Gasteiger partial charge in [0.25, 0.3) is 5.91 Å². The highest BCUT2D eigenvalue weighted by atomic mass is 16.5. The van der Waals surface area contributed by atoms with E-state index in [-0.39, 0.29) is 24.3 Å². The molecule has 0 unspecified atom stereocenters. The third-order valence-corrected chi connectivity index (χ3v) is 5.02. The fraction of sp³-hybridized carbons (Fsp3) is 0.526. The molecule has 6 nitrogen and oxygen atoms in total. The van der Waals surface area contributed by atoms with Gasteiger partial charge < -0.3 is 9.64 Å². The van der Waals surface area contributed by atoms with E-state index in [9.17, 15) is 14.4 Å². The molecular weight excluding hydrogens is 320 g/mol. The van der Waals surface area contributed by atoms with Crippen LogP contribution in [0.2, 0.25) is 0 Å². The Kier molecular flexibility index (Phi) is 5.48. The maximum absolute atomic E-state index is 12.8. The number of quaternary nitrogens is 1. The minimum Gasteiger partial charge on any atom is -0.462 e. The lowest BCUT2D eigenvalue weighted by Gasteiger charge is -2.22. The first-order valence-corrected chi connectivity index (χ1v) is 9.10. The molecule has 2 saturated heterocycles. The van der Waals surface area contributed by atoms with Crippen LogP contribution in [0.25, 0.3) is 0 Å². The van der Waals surface area contributed by atoms with Crippen molar-refractivity contribution in [3.8, 4) is 0 Å². The first kappa shape index (κ1) is 17.6. The lowest BCUT2D eigenvalue weighted by molar-refractivity contribution is -0.914. The van der Waals surface area contributed by atoms with E-state index < -0.39 is 5.97 Å². The zero-order chi connectivity index (χ0) is 17.8. The van der Waals surface area contributed by atoms with E-state index in [0.717, 1.165) is 25.9 Å². The summed E-state index contributed by atoms with van der Waals surface area (Å²) in [7, 11) is 0. The van der Waals surface area contributed by atoms with Crippen molar-refractivity contribution in [1.29, 1.82) is 0 Å². The molecule has 3 rings (SSSR count). The third kappa shape index (κ3) is 3.74. The fourth-order valence-corrected chi connectivity index (χ4v) is 3.71. The van der Waals surface area contributed by atoms with E-state index in [1.54, 1.807) is 31.2 Å². The molecule has 0 radical (unpaired) electrons. The number of ether oxygens (including phenoxy) is 1. The van der Waals surface area contributed by atoms with Crippen LogP contribution >= 0.6 is 0 Å². The number of anilines is 1. The highest BCUT2D eigenvalue weighted by molar-refractivity contribution is 6.21. The lowest BCUT2D eigenvalue weighted by atomic mass is 10.2. The molecule has 2 aliphatic rings. The Morgan fingerprint density at radius 2 is 1.76 bits per heavy atom. The molecular formula is C19H25N2O4+. The first-order valence-electron chi connectivity index (χ1n) is 9.10. The summed E-state index contributed by atoms with van der Waals surface area (Å²) in [6, 6.07) is 6.21. The SMILES string of the molecule is CCOC(=O)c1ccc(N2C(=O)C[C@@H]([NH+]3CCCCCC3)C2=O)cc1. The van der Waals surface area contributed by atoms with Crippen molar-refractivity contribution in [2.24, 2.45) is 0 Å². The zero-order valence-corrected chi connectivity index (χ0v) is 14.6. The number of nitrogens with one attached hydrogen (secondary N) is 1. The van der Waals surface area contributed by atoms with E-state index in [1.807, 2.05) is 0 Å². The Morgan fingerprint density at radius 1 is 1.12 bits per heavy atom. The van der Waals surface area contributed by atoms with Gasteiger partial charge in [0, 0.05) is 0 Å². The summed E-state index contributed by atoms with van der Waals surface area (Å²) in [4.78, 5) is 39.5. The second-order valence-corrected chi connectivity index (χ2v) is 6.66. The van der Waals surface area contributed by atoms with Crippen LogP contribution in [0.4, 0.5) is 5.69 Å². The van der Waals surface area contributed by atoms with Gasteiger partial charge in [0.2, 0.25) is 5.91 Å². The van der Waals surface area contributed by atoms with Crippen LogP contribution in [0.1, 0.15) is 49.4 Å². The van der Waals surface area contributed by atoms with Crippen LogP contribution in [-0.2, 0) is 14.3 Å². The van der Waals surface area contributed by atoms with Gasteiger partial charge in [0.05, 0.1) is 37.4 Å². The average Bonchev–Trinajstić information content (AvgIpc) is 2.80. The largest absolute Gasteiger partial charge is 0.462 e. The molecule has 2 heterocycles. The van der Waals surface area contributed by atoms with Crippen LogP contribution in [-0.4, -0.2) is 43.5 Å². The van der Waals surface area contributed by atoms with Gasteiger partial charge in [-0.15, -0.1) is 0 Å². The van der Waals surface area contributed by atoms with E-state index in [1.165, 1.54) is 22.6 Å². The summed E-state index contributed by atoms with van der Waals surface area (Å²) in [5, 5.41) is 0. The molecule has 1 N–H and O–H groups in total. The Hall–Kier alpha value is -2.21. The molecule has 1 aromatic carbocycles. The van der Waals surface area contributed by atoms with Crippen LogP contribution < -0.4 is 9.80 Å². The molecule has 2 amide bonds. The van der Waals surface area contributed by atoms with Crippen LogP contribution in [0, 0.1) is 0 Å². The Bertz CT molecular complexity index is 648. The molecule has 134 valence electrons. The molecule has 25 heavy (non-hydrogen) atoms. The van der Waals surface area contributed by atoms with Crippen molar-refractivity contribution >= 4 is 23.5 Å². The minimum atomic E-state index is -0.403. The quantitative estimate of drug-likeness (QED) is 0.652. The normalized spacial score (nSPS) is 22.1. The molecule has 0 aliphatic carbocycles. The second kappa shape index (κ2) is 7.78. The first-order chi connectivity index (χ1) is 12.1. The van der Waals surface area contributed by atoms with Crippen molar-refractivity contribution in [3.63, 3.8) is 0 Å². The maximum Gasteiger partial charge on any atom is 0.338 e. The summed E-state index contributed by atoms with van der Waals surface area (Å²) in [6.45, 7) is 3.97. The van der Waals surface area contributed by atoms with Gasteiger partial charge in [-0.2, -0.15) is 0 Å². The number of hydrogen-bond donors (Lipinski definition) is 1. The second-order valence-electron chi connectivity index (χ2n) is 6.66. The van der Waals surface area contributed by atoms with Crippen molar-refractivity contribution in [1.82, 2.24) is 0 Å². The van der Waals surface area contributed by atoms with E-state index in [2.05, 4.69) is 0 Å². The van der Waals surface area contributed by atoms with Gasteiger partial charge in [-0.1, -0.05) is 0 Å². The molecule has 0 bridgehead atoms. The summed E-state index contributed by atoms with van der Waals surface area (Å²) < 4.78 is 4.95. The van der Waals surface area contributed by atoms with Gasteiger partial charge >= 0.3 is 5.97 Å². The molecule has 2 aliphatic heterocycles. The zero-order valence-electron chi connectivity index (χ0n) is 14.6. The smallest absolute Gasteiger partial charge is 0.338 e. The Balaban J connectivity index is 1.74. The number of imide groups is 1. The highest BCUT2D eigenvalue weighted by Gasteiger charge is 2.45.